The summed E-state index contributed by atoms with van der Waals surface area (Å²) < 4.78 is 16.9. The van der Waals surface area contributed by atoms with E-state index in [-0.39, 0.29) is 35.4 Å². The molecule has 0 unspecified atom stereocenters. The van der Waals surface area contributed by atoms with Gasteiger partial charge in [0.1, 0.15) is 0 Å². The van der Waals surface area contributed by atoms with E-state index in [0.29, 0.717) is 24.4 Å². The van der Waals surface area contributed by atoms with Gasteiger partial charge in [-0.3, -0.25) is 9.59 Å². The van der Waals surface area contributed by atoms with Crippen LogP contribution in [-0.2, 0) is 23.8 Å². The maximum atomic E-state index is 13.7. The number of fused-ring (bicyclic) bond motifs is 2. The van der Waals surface area contributed by atoms with Gasteiger partial charge in [0.15, 0.2) is 17.8 Å². The van der Waals surface area contributed by atoms with Crippen LogP contribution in [-0.4, -0.2) is 43.3 Å². The van der Waals surface area contributed by atoms with Gasteiger partial charge in [-0.05, 0) is 42.7 Å². The molecule has 6 heteroatoms. The minimum absolute atomic E-state index is 0.0501. The molecule has 0 amide bonds. The van der Waals surface area contributed by atoms with Crippen LogP contribution in [0.2, 0.25) is 0 Å². The Morgan fingerprint density at radius 1 is 1.18 bits per heavy atom. The lowest BCUT2D eigenvalue weighted by molar-refractivity contribution is -0.272. The van der Waals surface area contributed by atoms with Crippen molar-refractivity contribution in [3.05, 3.63) is 23.2 Å². The van der Waals surface area contributed by atoms with E-state index in [0.717, 1.165) is 5.57 Å². The van der Waals surface area contributed by atoms with Gasteiger partial charge in [0.05, 0.1) is 20.3 Å². The van der Waals surface area contributed by atoms with Crippen LogP contribution in [0.1, 0.15) is 40.5 Å². The molecule has 1 N–H and O–H groups in total. The molecule has 0 aromatic rings. The van der Waals surface area contributed by atoms with Crippen molar-refractivity contribution in [2.45, 2.75) is 52.9 Å². The second-order valence-corrected chi connectivity index (χ2v) is 9.30. The molecular formula is C22H30O6. The molecule has 0 spiro atoms. The van der Waals surface area contributed by atoms with E-state index in [1.165, 1.54) is 14.2 Å². The van der Waals surface area contributed by atoms with Gasteiger partial charge in [-0.25, -0.2) is 0 Å². The molecule has 6 nitrogen and oxygen atoms in total. The Labute approximate surface area is 165 Å². The van der Waals surface area contributed by atoms with Gasteiger partial charge >= 0.3 is 0 Å². The number of aliphatic hydroxyl groups excluding tert-OH is 1. The molecule has 8 atom stereocenters. The summed E-state index contributed by atoms with van der Waals surface area (Å²) in [4.78, 5) is 27.3. The minimum atomic E-state index is -0.907. The lowest BCUT2D eigenvalue weighted by Crippen LogP contribution is -2.69. The van der Waals surface area contributed by atoms with Crippen molar-refractivity contribution in [1.29, 1.82) is 0 Å². The number of hydrogen-bond donors (Lipinski definition) is 1. The summed E-state index contributed by atoms with van der Waals surface area (Å²) in [5, 5.41) is 10.4. The normalized spacial score (nSPS) is 47.9. The van der Waals surface area contributed by atoms with E-state index >= 15 is 0 Å². The number of carbonyl (C=O) groups is 2. The van der Waals surface area contributed by atoms with E-state index in [2.05, 4.69) is 13.8 Å². The van der Waals surface area contributed by atoms with Gasteiger partial charge in [0.25, 0.3) is 0 Å². The first-order valence-corrected chi connectivity index (χ1v) is 10.0. The molecule has 0 bridgehead atoms. The van der Waals surface area contributed by atoms with Gasteiger partial charge in [-0.2, -0.15) is 0 Å². The topological polar surface area (TPSA) is 82.1 Å². The Bertz CT molecular complexity index is 797. The summed E-state index contributed by atoms with van der Waals surface area (Å²) in [6.07, 6.45) is 1.70. The fourth-order valence-electron chi connectivity index (χ4n) is 6.96. The zero-order chi connectivity index (χ0) is 20.6. The van der Waals surface area contributed by atoms with Crippen LogP contribution < -0.4 is 0 Å². The Kier molecular flexibility index (Phi) is 4.33. The van der Waals surface area contributed by atoms with Gasteiger partial charge in [0.2, 0.25) is 11.6 Å². The van der Waals surface area contributed by atoms with Crippen molar-refractivity contribution < 1.29 is 28.9 Å². The van der Waals surface area contributed by atoms with E-state index in [4.69, 9.17) is 14.2 Å². The van der Waals surface area contributed by atoms with Crippen molar-refractivity contribution in [3.63, 3.8) is 0 Å². The quantitative estimate of drug-likeness (QED) is 0.781. The average molecular weight is 390 g/mol. The predicted octanol–water partition coefficient (Wildman–Crippen LogP) is 2.61. The molecule has 0 radical (unpaired) electrons. The van der Waals surface area contributed by atoms with E-state index in [1.54, 1.807) is 0 Å². The molecule has 0 aromatic carbocycles. The number of hydrogen-bond acceptors (Lipinski definition) is 6. The third kappa shape index (κ3) is 2.16. The highest BCUT2D eigenvalue weighted by Crippen LogP contribution is 2.67. The molecule has 0 aromatic heterocycles. The van der Waals surface area contributed by atoms with Crippen molar-refractivity contribution in [2.75, 3.05) is 14.2 Å². The summed E-state index contributed by atoms with van der Waals surface area (Å²) in [6.45, 7) is 7.93. The van der Waals surface area contributed by atoms with Crippen LogP contribution in [0.3, 0.4) is 0 Å². The Morgan fingerprint density at radius 2 is 1.86 bits per heavy atom. The summed E-state index contributed by atoms with van der Waals surface area (Å²) in [5.41, 5.74) is -0.644. The molecule has 4 aliphatic rings. The smallest absolute Gasteiger partial charge is 0.203 e. The largest absolute Gasteiger partial charge is 0.493 e. The minimum Gasteiger partial charge on any atom is -0.493 e. The second-order valence-electron chi connectivity index (χ2n) is 9.30. The first kappa shape index (κ1) is 19.6. The van der Waals surface area contributed by atoms with Crippen LogP contribution in [0.15, 0.2) is 23.2 Å². The third-order valence-corrected chi connectivity index (χ3v) is 8.22. The van der Waals surface area contributed by atoms with Crippen LogP contribution in [0.5, 0.6) is 0 Å². The molecule has 1 saturated heterocycles. The first-order chi connectivity index (χ1) is 13.1. The maximum absolute atomic E-state index is 13.7. The van der Waals surface area contributed by atoms with Crippen LogP contribution in [0.25, 0.3) is 0 Å². The molecule has 4 rings (SSSR count). The standard InChI is InChI=1S/C22H30O6/c1-10-7-14(26-5)20(25)22(4)12(10)8-15-21(3)13(9-16(23)28-15)11(2)18(27-6)17(24)19(21)22/h7,10,12-13,15-16,19,23H,8-9H2,1-6H3/t10-,12+,13+,15-,16+,19-,21-,22+/m1/s1. The molecule has 154 valence electrons. The lowest BCUT2D eigenvalue weighted by Gasteiger charge is -2.65. The highest BCUT2D eigenvalue weighted by atomic mass is 16.6. The van der Waals surface area contributed by atoms with E-state index in [1.807, 2.05) is 19.9 Å². The Balaban J connectivity index is 1.97. The van der Waals surface area contributed by atoms with Crippen molar-refractivity contribution >= 4 is 11.6 Å². The number of aliphatic hydroxyl groups is 1. The number of rotatable bonds is 2. The summed E-state index contributed by atoms with van der Waals surface area (Å²) in [5.74, 6) is -0.284. The molecule has 28 heavy (non-hydrogen) atoms. The SMILES string of the molecule is COC1=C[C@@H](C)[C@@H]2C[C@H]3O[C@H](O)C[C@H]4C(C)=C(OC)C(=O)[C@@H]([C@@]2(C)C1=O)[C@@]34C. The predicted molar refractivity (Wildman–Crippen MR) is 101 cm³/mol. The number of ether oxygens (including phenoxy) is 3. The summed E-state index contributed by atoms with van der Waals surface area (Å²) in [6, 6.07) is 0. The maximum Gasteiger partial charge on any atom is 0.203 e. The van der Waals surface area contributed by atoms with Gasteiger partial charge in [-0.1, -0.05) is 20.8 Å². The van der Waals surface area contributed by atoms with Gasteiger partial charge < -0.3 is 19.3 Å². The monoisotopic (exact) mass is 390 g/mol. The first-order valence-electron chi connectivity index (χ1n) is 10.0. The molecule has 1 aliphatic heterocycles. The number of carbonyl (C=O) groups excluding carboxylic acids is 2. The lowest BCUT2D eigenvalue weighted by atomic mass is 9.40. The van der Waals surface area contributed by atoms with Crippen molar-refractivity contribution in [3.8, 4) is 0 Å². The van der Waals surface area contributed by atoms with Crippen molar-refractivity contribution in [1.82, 2.24) is 0 Å². The Morgan fingerprint density at radius 3 is 2.46 bits per heavy atom. The number of methoxy groups -OCH3 is 2. The van der Waals surface area contributed by atoms with Crippen molar-refractivity contribution in [2.24, 2.45) is 34.5 Å². The van der Waals surface area contributed by atoms with Crippen LogP contribution >= 0.6 is 0 Å². The highest BCUT2D eigenvalue weighted by molar-refractivity contribution is 6.07. The molecular weight excluding hydrogens is 360 g/mol. The van der Waals surface area contributed by atoms with Gasteiger partial charge in [-0.15, -0.1) is 0 Å². The highest BCUT2D eigenvalue weighted by Gasteiger charge is 2.71. The molecule has 2 fully saturated rings. The molecule has 3 aliphatic carbocycles. The van der Waals surface area contributed by atoms with E-state index in [9.17, 15) is 14.7 Å². The molecule has 1 saturated carbocycles. The number of Topliss-reactive ketones (excluding diaryl/α,β-unsaturated/α-hetero) is 2. The fourth-order valence-corrected chi connectivity index (χ4v) is 6.96. The number of ketones is 2. The fraction of sp³-hybridized carbons (Fsp3) is 0.727. The zero-order valence-electron chi connectivity index (χ0n) is 17.4. The zero-order valence-corrected chi connectivity index (χ0v) is 17.4. The second kappa shape index (κ2) is 6.17. The number of allylic oxidation sites excluding steroid dienone is 4. The van der Waals surface area contributed by atoms with E-state index < -0.39 is 23.0 Å². The van der Waals surface area contributed by atoms with Gasteiger partial charge in [0, 0.05) is 23.2 Å². The third-order valence-electron chi connectivity index (χ3n) is 8.22. The van der Waals surface area contributed by atoms with Crippen LogP contribution in [0, 0.1) is 34.5 Å². The summed E-state index contributed by atoms with van der Waals surface area (Å²) in [7, 11) is 3.00. The summed E-state index contributed by atoms with van der Waals surface area (Å²) >= 11 is 0. The molecule has 1 heterocycles. The average Bonchev–Trinajstić information content (AvgIpc) is 2.63. The van der Waals surface area contributed by atoms with Crippen LogP contribution in [0.4, 0.5) is 0 Å². The Hall–Kier alpha value is -1.66.